The smallest absolute Gasteiger partial charge is 0.272 e. The predicted octanol–water partition coefficient (Wildman–Crippen LogP) is 2.19. The summed E-state index contributed by atoms with van der Waals surface area (Å²) in [7, 11) is -2.60. The van der Waals surface area contributed by atoms with Crippen LogP contribution in [0.4, 0.5) is 8.78 Å². The van der Waals surface area contributed by atoms with Gasteiger partial charge in [0.05, 0.1) is 6.20 Å². The summed E-state index contributed by atoms with van der Waals surface area (Å²) in [5, 5.41) is 2.65. The molecular weight excluding hydrogens is 434 g/mol. The molecule has 4 atom stereocenters. The maximum Gasteiger partial charge on any atom is 0.272 e. The topological polar surface area (TPSA) is 115 Å². The fourth-order valence-electron chi connectivity index (χ4n) is 3.41. The first-order chi connectivity index (χ1) is 14.5. The van der Waals surface area contributed by atoms with Gasteiger partial charge in [-0.15, -0.1) is 0 Å². The SMILES string of the molecule is CCC(CC(F)C(C)F)NC(=O)c1c2c(cn1C)S(=O)(=O)NC(C)(c1ncco1)CO2. The Bertz CT molecular complexity index is 1040. The summed E-state index contributed by atoms with van der Waals surface area (Å²) in [6, 6.07) is -0.635. The van der Waals surface area contributed by atoms with E-state index < -0.39 is 39.9 Å². The van der Waals surface area contributed by atoms with E-state index in [0.717, 1.165) is 6.92 Å². The van der Waals surface area contributed by atoms with Gasteiger partial charge in [0.15, 0.2) is 11.4 Å². The molecular formula is C19H26F2N4O5S. The molecule has 2 N–H and O–H groups in total. The number of carbonyl (C=O) groups is 1. The van der Waals surface area contributed by atoms with Crippen LogP contribution in [0.3, 0.4) is 0 Å². The Balaban J connectivity index is 1.91. The molecule has 2 aromatic rings. The molecule has 3 heterocycles. The summed E-state index contributed by atoms with van der Waals surface area (Å²) in [6.07, 6.45) is 0.739. The molecule has 31 heavy (non-hydrogen) atoms. The van der Waals surface area contributed by atoms with Crippen molar-refractivity contribution in [2.75, 3.05) is 6.61 Å². The van der Waals surface area contributed by atoms with E-state index in [1.54, 1.807) is 13.8 Å². The molecule has 0 radical (unpaired) electrons. The Morgan fingerprint density at radius 1 is 1.45 bits per heavy atom. The second-order valence-electron chi connectivity index (χ2n) is 7.85. The van der Waals surface area contributed by atoms with Crippen LogP contribution in [0.5, 0.6) is 5.75 Å². The van der Waals surface area contributed by atoms with Crippen molar-refractivity contribution in [3.8, 4) is 5.75 Å². The Morgan fingerprint density at radius 2 is 2.16 bits per heavy atom. The number of aromatic nitrogens is 2. The van der Waals surface area contributed by atoms with E-state index in [9.17, 15) is 22.0 Å². The average molecular weight is 461 g/mol. The molecule has 1 aliphatic heterocycles. The first kappa shape index (κ1) is 23.2. The van der Waals surface area contributed by atoms with Crippen molar-refractivity contribution >= 4 is 15.9 Å². The van der Waals surface area contributed by atoms with Gasteiger partial charge in [0.1, 0.15) is 35.6 Å². The Morgan fingerprint density at radius 3 is 2.74 bits per heavy atom. The molecule has 0 fully saturated rings. The maximum atomic E-state index is 13.8. The van der Waals surface area contributed by atoms with E-state index >= 15 is 0 Å². The van der Waals surface area contributed by atoms with Gasteiger partial charge >= 0.3 is 0 Å². The minimum absolute atomic E-state index is 0.0424. The minimum Gasteiger partial charge on any atom is -0.487 e. The van der Waals surface area contributed by atoms with E-state index in [1.807, 2.05) is 0 Å². The van der Waals surface area contributed by atoms with Crippen LogP contribution in [-0.4, -0.2) is 48.9 Å². The van der Waals surface area contributed by atoms with Crippen molar-refractivity contribution in [1.29, 1.82) is 0 Å². The van der Waals surface area contributed by atoms with Crippen LogP contribution in [-0.2, 0) is 22.6 Å². The molecule has 0 saturated carbocycles. The van der Waals surface area contributed by atoms with Gasteiger partial charge in [-0.05, 0) is 20.3 Å². The lowest BCUT2D eigenvalue weighted by atomic mass is 10.0. The standard InChI is InChI=1S/C19H26F2N4O5S/c1-5-12(8-13(21)11(2)20)23-17(26)15-16-14(9-25(15)4)31(27,28)24-19(3,10-30-16)18-22-6-7-29-18/h6-7,9,11-13,24H,5,8,10H2,1-4H3,(H,23,26). The number of sulfonamides is 1. The summed E-state index contributed by atoms with van der Waals surface area (Å²) >= 11 is 0. The Hall–Kier alpha value is -2.47. The molecule has 0 aliphatic carbocycles. The van der Waals surface area contributed by atoms with Crippen LogP contribution in [0.25, 0.3) is 0 Å². The zero-order valence-electron chi connectivity index (χ0n) is 17.7. The van der Waals surface area contributed by atoms with Crippen LogP contribution in [0, 0.1) is 0 Å². The van der Waals surface area contributed by atoms with Crippen molar-refractivity contribution in [3.63, 3.8) is 0 Å². The molecule has 0 saturated heterocycles. The molecule has 1 aliphatic rings. The lowest BCUT2D eigenvalue weighted by molar-refractivity contribution is 0.0897. The third kappa shape index (κ3) is 4.59. The number of hydrogen-bond donors (Lipinski definition) is 2. The van der Waals surface area contributed by atoms with Crippen molar-refractivity contribution in [2.24, 2.45) is 7.05 Å². The largest absolute Gasteiger partial charge is 0.487 e. The van der Waals surface area contributed by atoms with Crippen LogP contribution >= 0.6 is 0 Å². The molecule has 4 unspecified atom stereocenters. The van der Waals surface area contributed by atoms with Gasteiger partial charge in [-0.2, -0.15) is 4.72 Å². The number of amides is 1. The van der Waals surface area contributed by atoms with Crippen molar-refractivity contribution in [3.05, 3.63) is 30.2 Å². The quantitative estimate of drug-likeness (QED) is 0.655. The van der Waals surface area contributed by atoms with E-state index in [0.29, 0.717) is 6.42 Å². The van der Waals surface area contributed by atoms with Gasteiger partial charge in [-0.3, -0.25) is 4.79 Å². The summed E-state index contributed by atoms with van der Waals surface area (Å²) in [5.74, 6) is -0.672. The normalized spacial score (nSPS) is 23.2. The van der Waals surface area contributed by atoms with Crippen molar-refractivity contribution < 1.29 is 31.1 Å². The number of rotatable bonds is 7. The van der Waals surface area contributed by atoms with Crippen LogP contribution in [0.1, 0.15) is 50.0 Å². The van der Waals surface area contributed by atoms with Gasteiger partial charge in [-0.25, -0.2) is 22.2 Å². The molecule has 12 heteroatoms. The number of hydrogen-bond acceptors (Lipinski definition) is 6. The highest BCUT2D eigenvalue weighted by Gasteiger charge is 2.43. The van der Waals surface area contributed by atoms with Crippen molar-refractivity contribution in [1.82, 2.24) is 19.6 Å². The fraction of sp³-hybridized carbons (Fsp3) is 0.579. The van der Waals surface area contributed by atoms with E-state index in [4.69, 9.17) is 9.15 Å². The number of oxazole rings is 1. The Kier molecular flexibility index (Phi) is 6.42. The van der Waals surface area contributed by atoms with Gasteiger partial charge in [0.25, 0.3) is 5.91 Å². The first-order valence-electron chi connectivity index (χ1n) is 9.83. The molecule has 2 aromatic heterocycles. The van der Waals surface area contributed by atoms with Gasteiger partial charge in [0, 0.05) is 25.7 Å². The molecule has 1 amide bonds. The number of halogens is 2. The molecule has 3 rings (SSSR count). The minimum atomic E-state index is -4.10. The molecule has 0 aromatic carbocycles. The summed E-state index contributed by atoms with van der Waals surface area (Å²) in [4.78, 5) is 16.7. The number of nitrogens with zero attached hydrogens (tertiary/aromatic N) is 2. The monoisotopic (exact) mass is 460 g/mol. The van der Waals surface area contributed by atoms with E-state index in [2.05, 4.69) is 15.0 Å². The van der Waals surface area contributed by atoms with E-state index in [1.165, 1.54) is 30.3 Å². The number of aryl methyl sites for hydroxylation is 1. The maximum absolute atomic E-state index is 13.8. The second-order valence-corrected chi connectivity index (χ2v) is 9.50. The average Bonchev–Trinajstić information content (AvgIpc) is 3.32. The van der Waals surface area contributed by atoms with Gasteiger partial charge in [0.2, 0.25) is 15.9 Å². The number of ether oxygens (including phenoxy) is 1. The third-order valence-corrected chi connectivity index (χ3v) is 6.80. The number of fused-ring (bicyclic) bond motifs is 1. The number of carbonyl (C=O) groups excluding carboxylic acids is 1. The number of alkyl halides is 2. The fourth-order valence-corrected chi connectivity index (χ4v) is 4.96. The summed E-state index contributed by atoms with van der Waals surface area (Å²) in [5.41, 5.74) is -1.34. The van der Waals surface area contributed by atoms with Crippen LogP contribution in [0.2, 0.25) is 0 Å². The molecule has 9 nitrogen and oxygen atoms in total. The van der Waals surface area contributed by atoms with Gasteiger partial charge < -0.3 is 19.0 Å². The molecule has 0 spiro atoms. The highest BCUT2D eigenvalue weighted by atomic mass is 32.2. The summed E-state index contributed by atoms with van der Waals surface area (Å²) < 4.78 is 67.9. The van der Waals surface area contributed by atoms with E-state index in [-0.39, 0.29) is 35.3 Å². The van der Waals surface area contributed by atoms with Gasteiger partial charge in [-0.1, -0.05) is 6.92 Å². The Labute approximate surface area is 179 Å². The van der Waals surface area contributed by atoms with Crippen molar-refractivity contribution in [2.45, 2.75) is 62.4 Å². The zero-order valence-corrected chi connectivity index (χ0v) is 18.5. The van der Waals surface area contributed by atoms with Crippen LogP contribution in [0.15, 0.2) is 28.0 Å². The predicted molar refractivity (Wildman–Crippen MR) is 107 cm³/mol. The zero-order chi connectivity index (χ0) is 23.0. The van der Waals surface area contributed by atoms with Crippen LogP contribution < -0.4 is 14.8 Å². The molecule has 0 bridgehead atoms. The highest BCUT2D eigenvalue weighted by Crippen LogP contribution is 2.36. The lowest BCUT2D eigenvalue weighted by Gasteiger charge is -2.24. The first-order valence-corrected chi connectivity index (χ1v) is 11.3. The molecule has 172 valence electrons. The summed E-state index contributed by atoms with van der Waals surface area (Å²) in [6.45, 7) is 4.22. The highest BCUT2D eigenvalue weighted by molar-refractivity contribution is 7.89. The second kappa shape index (κ2) is 8.58. The lowest BCUT2D eigenvalue weighted by Crippen LogP contribution is -2.46. The third-order valence-electron chi connectivity index (χ3n) is 5.21. The number of nitrogens with one attached hydrogen (secondary N) is 2.